The number of unbranched alkanes of at least 4 members (excludes halogenated alkanes) is 1. The zero-order valence-electron chi connectivity index (χ0n) is 16.2. The lowest BCUT2D eigenvalue weighted by Crippen LogP contribution is -2.24. The molecule has 0 aliphatic heterocycles. The molecule has 0 aliphatic carbocycles. The summed E-state index contributed by atoms with van der Waals surface area (Å²) in [4.78, 5) is 23.5. The van der Waals surface area contributed by atoms with Crippen LogP contribution in [0.25, 0.3) is 0 Å². The SMILES string of the molecule is C\C=C(/C=C(C)/C=C/CC/C=C(\C)C(=O)CC#N)C(=O)OC(C)(C)C. The van der Waals surface area contributed by atoms with Gasteiger partial charge in [0.2, 0.25) is 0 Å². The van der Waals surface area contributed by atoms with Crippen LogP contribution in [-0.2, 0) is 14.3 Å². The normalized spacial score (nSPS) is 13.7. The second-order valence-electron chi connectivity index (χ2n) is 6.76. The van der Waals surface area contributed by atoms with Gasteiger partial charge in [0, 0.05) is 0 Å². The first kappa shape index (κ1) is 22.6. The summed E-state index contributed by atoms with van der Waals surface area (Å²) in [5, 5.41) is 8.50. The minimum absolute atomic E-state index is 0.0726. The molecule has 0 aromatic carbocycles. The van der Waals surface area contributed by atoms with E-state index in [2.05, 4.69) is 0 Å². The van der Waals surface area contributed by atoms with E-state index >= 15 is 0 Å². The Bertz CT molecular complexity index is 635. The largest absolute Gasteiger partial charge is 0.456 e. The van der Waals surface area contributed by atoms with Crippen LogP contribution in [0.15, 0.2) is 47.1 Å². The molecule has 25 heavy (non-hydrogen) atoms. The first-order valence-electron chi connectivity index (χ1n) is 8.42. The van der Waals surface area contributed by atoms with Gasteiger partial charge in [-0.05, 0) is 66.0 Å². The molecule has 0 heterocycles. The summed E-state index contributed by atoms with van der Waals surface area (Å²) in [7, 11) is 0. The fourth-order valence-corrected chi connectivity index (χ4v) is 1.88. The van der Waals surface area contributed by atoms with Gasteiger partial charge in [0.05, 0.1) is 18.1 Å². The van der Waals surface area contributed by atoms with E-state index in [4.69, 9.17) is 10.00 Å². The maximum Gasteiger partial charge on any atom is 0.338 e. The lowest BCUT2D eigenvalue weighted by molar-refractivity contribution is -0.149. The van der Waals surface area contributed by atoms with Crippen molar-refractivity contribution in [2.24, 2.45) is 0 Å². The molecule has 136 valence electrons. The van der Waals surface area contributed by atoms with E-state index in [0.29, 0.717) is 11.1 Å². The van der Waals surface area contributed by atoms with E-state index in [-0.39, 0.29) is 18.2 Å². The highest BCUT2D eigenvalue weighted by atomic mass is 16.6. The third-order valence-corrected chi connectivity index (χ3v) is 3.17. The summed E-state index contributed by atoms with van der Waals surface area (Å²) >= 11 is 0. The number of ether oxygens (including phenoxy) is 1. The summed E-state index contributed by atoms with van der Waals surface area (Å²) in [5.74, 6) is -0.463. The Balaban J connectivity index is 4.63. The number of hydrogen-bond donors (Lipinski definition) is 0. The quantitative estimate of drug-likeness (QED) is 0.269. The monoisotopic (exact) mass is 343 g/mol. The molecule has 0 fully saturated rings. The predicted molar refractivity (Wildman–Crippen MR) is 101 cm³/mol. The van der Waals surface area contributed by atoms with E-state index < -0.39 is 5.60 Å². The molecule has 0 radical (unpaired) electrons. The van der Waals surface area contributed by atoms with Gasteiger partial charge in [-0.15, -0.1) is 0 Å². The molecule has 4 nitrogen and oxygen atoms in total. The van der Waals surface area contributed by atoms with Crippen molar-refractivity contribution in [1.29, 1.82) is 5.26 Å². The Labute approximate surface area is 151 Å². The topological polar surface area (TPSA) is 67.2 Å². The molecule has 0 amide bonds. The number of nitrogens with zero attached hydrogens (tertiary/aromatic N) is 1. The van der Waals surface area contributed by atoms with Crippen molar-refractivity contribution in [2.45, 2.75) is 66.4 Å². The molecule has 0 aromatic rings. The molecule has 0 rings (SSSR count). The Morgan fingerprint density at radius 3 is 2.32 bits per heavy atom. The number of nitriles is 1. The standard InChI is InChI=1S/C21H29NO3/c1-7-18(20(24)25-21(4,5)6)15-16(2)11-9-8-10-12-17(3)19(23)13-14-22/h7,9,11-12,15H,8,10,13H2,1-6H3/b11-9+,16-15+,17-12+,18-7+. The van der Waals surface area contributed by atoms with Crippen LogP contribution in [0.3, 0.4) is 0 Å². The molecular formula is C21H29NO3. The smallest absolute Gasteiger partial charge is 0.338 e. The summed E-state index contributed by atoms with van der Waals surface area (Å²) in [6.07, 6.45) is 10.7. The van der Waals surface area contributed by atoms with Crippen LogP contribution in [0.2, 0.25) is 0 Å². The molecular weight excluding hydrogens is 314 g/mol. The van der Waals surface area contributed by atoms with Crippen molar-refractivity contribution in [3.63, 3.8) is 0 Å². The minimum Gasteiger partial charge on any atom is -0.456 e. The first-order valence-corrected chi connectivity index (χ1v) is 8.42. The van der Waals surface area contributed by atoms with Gasteiger partial charge in [-0.2, -0.15) is 5.26 Å². The lowest BCUT2D eigenvalue weighted by atomic mass is 10.1. The summed E-state index contributed by atoms with van der Waals surface area (Å²) in [6, 6.07) is 1.86. The number of rotatable bonds is 8. The third kappa shape index (κ3) is 10.9. The Hall–Kier alpha value is -2.41. The summed E-state index contributed by atoms with van der Waals surface area (Å²) < 4.78 is 5.36. The molecule has 0 aliphatic rings. The zero-order valence-corrected chi connectivity index (χ0v) is 16.2. The molecule has 0 saturated carbocycles. The van der Waals surface area contributed by atoms with Gasteiger partial charge in [-0.25, -0.2) is 4.79 Å². The number of Topliss-reactive ketones (excluding diaryl/α,β-unsaturated/α-hetero) is 1. The minimum atomic E-state index is -0.518. The van der Waals surface area contributed by atoms with Crippen LogP contribution in [0.1, 0.15) is 60.8 Å². The molecule has 0 saturated heterocycles. The third-order valence-electron chi connectivity index (χ3n) is 3.17. The second kappa shape index (κ2) is 11.2. The number of esters is 1. The highest BCUT2D eigenvalue weighted by Crippen LogP contribution is 2.13. The molecule has 0 N–H and O–H groups in total. The maximum absolute atomic E-state index is 12.1. The van der Waals surface area contributed by atoms with Crippen molar-refractivity contribution >= 4 is 11.8 Å². The van der Waals surface area contributed by atoms with Gasteiger partial charge in [0.15, 0.2) is 5.78 Å². The van der Waals surface area contributed by atoms with Gasteiger partial charge in [-0.3, -0.25) is 4.79 Å². The van der Waals surface area contributed by atoms with Gasteiger partial charge in [-0.1, -0.05) is 29.9 Å². The van der Waals surface area contributed by atoms with Gasteiger partial charge < -0.3 is 4.74 Å². The van der Waals surface area contributed by atoms with Crippen LogP contribution in [0.5, 0.6) is 0 Å². The van der Waals surface area contributed by atoms with Crippen molar-refractivity contribution in [1.82, 2.24) is 0 Å². The van der Waals surface area contributed by atoms with Gasteiger partial charge in [0.25, 0.3) is 0 Å². The average molecular weight is 343 g/mol. The van der Waals surface area contributed by atoms with Crippen LogP contribution in [0, 0.1) is 11.3 Å². The molecule has 0 unspecified atom stereocenters. The van der Waals surface area contributed by atoms with Crippen LogP contribution >= 0.6 is 0 Å². The Morgan fingerprint density at radius 1 is 1.16 bits per heavy atom. The van der Waals surface area contributed by atoms with E-state index in [1.165, 1.54) is 0 Å². The number of hydrogen-bond acceptors (Lipinski definition) is 4. The van der Waals surface area contributed by atoms with E-state index in [1.807, 2.05) is 52.0 Å². The summed E-state index contributed by atoms with van der Waals surface area (Å²) in [6.45, 7) is 11.0. The second-order valence-corrected chi connectivity index (χ2v) is 6.76. The van der Waals surface area contributed by atoms with Gasteiger partial charge >= 0.3 is 5.97 Å². The van der Waals surface area contributed by atoms with Gasteiger partial charge in [0.1, 0.15) is 5.60 Å². The van der Waals surface area contributed by atoms with E-state index in [1.54, 1.807) is 26.0 Å². The predicted octanol–water partition coefficient (Wildman–Crippen LogP) is 4.99. The highest BCUT2D eigenvalue weighted by molar-refractivity contribution is 5.96. The van der Waals surface area contributed by atoms with Crippen LogP contribution in [0.4, 0.5) is 0 Å². The van der Waals surface area contributed by atoms with Crippen LogP contribution < -0.4 is 0 Å². The number of carbonyl (C=O) groups is 2. The van der Waals surface area contributed by atoms with E-state index in [9.17, 15) is 9.59 Å². The molecule has 0 atom stereocenters. The Morgan fingerprint density at radius 2 is 1.80 bits per heavy atom. The number of ketones is 1. The molecule has 0 spiro atoms. The summed E-state index contributed by atoms with van der Waals surface area (Å²) in [5.41, 5.74) is 1.58. The fraction of sp³-hybridized carbons (Fsp3) is 0.476. The molecule has 4 heteroatoms. The molecule has 0 aromatic heterocycles. The number of allylic oxidation sites excluding steroid dienone is 6. The fourth-order valence-electron chi connectivity index (χ4n) is 1.88. The van der Waals surface area contributed by atoms with Crippen molar-refractivity contribution in [2.75, 3.05) is 0 Å². The van der Waals surface area contributed by atoms with E-state index in [0.717, 1.165) is 18.4 Å². The average Bonchev–Trinajstić information content (AvgIpc) is 2.50. The lowest BCUT2D eigenvalue weighted by Gasteiger charge is -2.19. The maximum atomic E-state index is 12.1. The zero-order chi connectivity index (χ0) is 19.5. The highest BCUT2D eigenvalue weighted by Gasteiger charge is 2.18. The van der Waals surface area contributed by atoms with Crippen molar-refractivity contribution in [3.05, 3.63) is 47.1 Å². The Kier molecular flexibility index (Phi) is 10.1. The van der Waals surface area contributed by atoms with Crippen molar-refractivity contribution in [3.8, 4) is 6.07 Å². The van der Waals surface area contributed by atoms with Crippen molar-refractivity contribution < 1.29 is 14.3 Å². The first-order chi connectivity index (χ1) is 11.6. The van der Waals surface area contributed by atoms with Crippen LogP contribution in [-0.4, -0.2) is 17.4 Å². The molecule has 0 bridgehead atoms. The number of carbonyl (C=O) groups excluding carboxylic acids is 2.